The molecule has 9 heteroatoms. The van der Waals surface area contributed by atoms with Crippen molar-refractivity contribution in [3.8, 4) is 17.2 Å². The van der Waals surface area contributed by atoms with Crippen LogP contribution in [0.2, 0.25) is 0 Å². The lowest BCUT2D eigenvalue weighted by molar-refractivity contribution is 0.0733. The Hall–Kier alpha value is -2.78. The Kier molecular flexibility index (Phi) is 7.86. The number of nitrogens with zero attached hydrogens (tertiary/aromatic N) is 2. The SMILES string of the molecule is CCN(CC)S(=O)(=O)c1cc(C(=O)N2CCC[C@H]2c2cc(OC)ccc2OC)ccc1OC. The molecule has 33 heavy (non-hydrogen) atoms. The van der Waals surface area contributed by atoms with Crippen LogP contribution in [0.15, 0.2) is 41.3 Å². The molecule has 1 saturated heterocycles. The maximum Gasteiger partial charge on any atom is 0.254 e. The van der Waals surface area contributed by atoms with Gasteiger partial charge in [0.1, 0.15) is 22.1 Å². The number of sulfonamides is 1. The van der Waals surface area contributed by atoms with Crippen molar-refractivity contribution in [2.24, 2.45) is 0 Å². The molecule has 0 saturated carbocycles. The zero-order valence-corrected chi connectivity index (χ0v) is 20.6. The van der Waals surface area contributed by atoms with E-state index in [2.05, 4.69) is 0 Å². The Bertz CT molecular complexity index is 1100. The van der Waals surface area contributed by atoms with Gasteiger partial charge in [0.15, 0.2) is 0 Å². The fourth-order valence-corrected chi connectivity index (χ4v) is 5.95. The first-order chi connectivity index (χ1) is 15.8. The van der Waals surface area contributed by atoms with Gasteiger partial charge in [-0.1, -0.05) is 13.8 Å². The van der Waals surface area contributed by atoms with Crippen LogP contribution in [-0.4, -0.2) is 64.5 Å². The number of carbonyl (C=O) groups is 1. The molecule has 0 unspecified atom stereocenters. The van der Waals surface area contributed by atoms with E-state index in [-0.39, 0.29) is 22.6 Å². The van der Waals surface area contributed by atoms with Gasteiger partial charge in [0, 0.05) is 30.8 Å². The first-order valence-electron chi connectivity index (χ1n) is 11.0. The molecular weight excluding hydrogens is 444 g/mol. The Balaban J connectivity index is 2.02. The number of benzene rings is 2. The van der Waals surface area contributed by atoms with E-state index in [4.69, 9.17) is 14.2 Å². The predicted octanol–water partition coefficient (Wildman–Crippen LogP) is 3.72. The van der Waals surface area contributed by atoms with Crippen LogP contribution >= 0.6 is 0 Å². The molecule has 2 aromatic carbocycles. The number of likely N-dealkylation sites (tertiary alicyclic amines) is 1. The molecule has 3 rings (SSSR count). The van der Waals surface area contributed by atoms with Gasteiger partial charge in [-0.25, -0.2) is 8.42 Å². The minimum Gasteiger partial charge on any atom is -0.497 e. The number of amides is 1. The number of carbonyl (C=O) groups excluding carboxylic acids is 1. The molecule has 0 aliphatic carbocycles. The minimum atomic E-state index is -3.81. The number of hydrogen-bond donors (Lipinski definition) is 0. The average molecular weight is 477 g/mol. The van der Waals surface area contributed by atoms with E-state index < -0.39 is 10.0 Å². The second-order valence-electron chi connectivity index (χ2n) is 7.72. The maximum atomic E-state index is 13.6. The maximum absolute atomic E-state index is 13.6. The summed E-state index contributed by atoms with van der Waals surface area (Å²) in [5, 5.41) is 0. The Morgan fingerprint density at radius 3 is 2.27 bits per heavy atom. The molecule has 0 N–H and O–H groups in total. The fraction of sp³-hybridized carbons (Fsp3) is 0.458. The summed E-state index contributed by atoms with van der Waals surface area (Å²) in [6.07, 6.45) is 1.60. The molecule has 8 nitrogen and oxygen atoms in total. The van der Waals surface area contributed by atoms with E-state index in [1.54, 1.807) is 45.1 Å². The third-order valence-corrected chi connectivity index (χ3v) is 8.11. The highest BCUT2D eigenvalue weighted by Gasteiger charge is 2.34. The van der Waals surface area contributed by atoms with Crippen LogP contribution in [0.4, 0.5) is 0 Å². The molecule has 2 aromatic rings. The largest absolute Gasteiger partial charge is 0.497 e. The van der Waals surface area contributed by atoms with E-state index in [1.165, 1.54) is 17.5 Å². The lowest BCUT2D eigenvalue weighted by Gasteiger charge is -2.27. The van der Waals surface area contributed by atoms with Crippen molar-refractivity contribution in [3.63, 3.8) is 0 Å². The van der Waals surface area contributed by atoms with E-state index >= 15 is 0 Å². The molecule has 1 amide bonds. The first-order valence-corrected chi connectivity index (χ1v) is 12.5. The van der Waals surface area contributed by atoms with Gasteiger partial charge in [-0.15, -0.1) is 0 Å². The van der Waals surface area contributed by atoms with Crippen LogP contribution in [-0.2, 0) is 10.0 Å². The van der Waals surface area contributed by atoms with Gasteiger partial charge in [-0.3, -0.25) is 4.79 Å². The molecule has 1 aliphatic rings. The van der Waals surface area contributed by atoms with E-state index in [0.29, 0.717) is 36.7 Å². The number of hydrogen-bond acceptors (Lipinski definition) is 6. The molecule has 1 aliphatic heterocycles. The smallest absolute Gasteiger partial charge is 0.254 e. The molecule has 1 fully saturated rings. The quantitative estimate of drug-likeness (QED) is 0.548. The van der Waals surface area contributed by atoms with Crippen LogP contribution in [0.1, 0.15) is 48.7 Å². The second-order valence-corrected chi connectivity index (χ2v) is 9.63. The van der Waals surface area contributed by atoms with Gasteiger partial charge >= 0.3 is 0 Å². The summed E-state index contributed by atoms with van der Waals surface area (Å²) in [5.74, 6) is 1.34. The fourth-order valence-electron chi connectivity index (χ4n) is 4.31. The number of methoxy groups -OCH3 is 3. The van der Waals surface area contributed by atoms with Gasteiger partial charge in [0.25, 0.3) is 5.91 Å². The Morgan fingerprint density at radius 2 is 1.67 bits per heavy atom. The summed E-state index contributed by atoms with van der Waals surface area (Å²) in [6.45, 7) is 4.76. The van der Waals surface area contributed by atoms with E-state index in [1.807, 2.05) is 18.2 Å². The van der Waals surface area contributed by atoms with Crippen molar-refractivity contribution in [2.45, 2.75) is 37.6 Å². The summed E-state index contributed by atoms with van der Waals surface area (Å²) in [5.41, 5.74) is 1.17. The third kappa shape index (κ3) is 4.79. The van der Waals surface area contributed by atoms with Crippen molar-refractivity contribution in [3.05, 3.63) is 47.5 Å². The monoisotopic (exact) mass is 476 g/mol. The highest BCUT2D eigenvalue weighted by Crippen LogP contribution is 2.40. The molecule has 0 radical (unpaired) electrons. The first kappa shape index (κ1) is 24.9. The Morgan fingerprint density at radius 1 is 1.00 bits per heavy atom. The summed E-state index contributed by atoms with van der Waals surface area (Å²) in [6, 6.07) is 9.91. The summed E-state index contributed by atoms with van der Waals surface area (Å²) in [7, 11) is 0.806. The highest BCUT2D eigenvalue weighted by atomic mass is 32.2. The molecule has 1 atom stereocenters. The van der Waals surface area contributed by atoms with E-state index in [0.717, 1.165) is 18.4 Å². The minimum absolute atomic E-state index is 0.00532. The van der Waals surface area contributed by atoms with Crippen LogP contribution in [0.3, 0.4) is 0 Å². The highest BCUT2D eigenvalue weighted by molar-refractivity contribution is 7.89. The zero-order valence-electron chi connectivity index (χ0n) is 19.8. The molecule has 0 aromatic heterocycles. The van der Waals surface area contributed by atoms with E-state index in [9.17, 15) is 13.2 Å². The van der Waals surface area contributed by atoms with Gasteiger partial charge in [0.2, 0.25) is 10.0 Å². The lowest BCUT2D eigenvalue weighted by Crippen LogP contribution is -2.32. The number of rotatable bonds is 9. The van der Waals surface area contributed by atoms with Crippen LogP contribution in [0.5, 0.6) is 17.2 Å². The van der Waals surface area contributed by atoms with Crippen molar-refractivity contribution in [1.29, 1.82) is 0 Å². The third-order valence-electron chi connectivity index (χ3n) is 6.04. The standard InChI is InChI=1S/C24H32N2O6S/c1-6-25(7-2)33(28,29)23-15-17(10-12-22(23)32-5)24(27)26-14-8-9-20(26)19-16-18(30-3)11-13-21(19)31-4/h10-13,15-16,20H,6-9,14H2,1-5H3/t20-/m0/s1. The van der Waals surface area contributed by atoms with Gasteiger partial charge in [-0.05, 0) is 49.2 Å². The normalized spacial score (nSPS) is 16.2. The lowest BCUT2D eigenvalue weighted by atomic mass is 10.0. The second kappa shape index (κ2) is 10.4. The molecular formula is C24H32N2O6S. The molecule has 1 heterocycles. The van der Waals surface area contributed by atoms with Crippen LogP contribution in [0, 0.1) is 0 Å². The summed E-state index contributed by atoms with van der Waals surface area (Å²) in [4.78, 5) is 15.3. The zero-order chi connectivity index (χ0) is 24.2. The van der Waals surface area contributed by atoms with Gasteiger partial charge in [0.05, 0.1) is 27.4 Å². The van der Waals surface area contributed by atoms with Crippen molar-refractivity contribution >= 4 is 15.9 Å². The molecule has 0 bridgehead atoms. The summed E-state index contributed by atoms with van der Waals surface area (Å²) < 4.78 is 44.0. The van der Waals surface area contributed by atoms with Gasteiger partial charge < -0.3 is 19.1 Å². The van der Waals surface area contributed by atoms with Crippen molar-refractivity contribution in [1.82, 2.24) is 9.21 Å². The van der Waals surface area contributed by atoms with Crippen molar-refractivity contribution in [2.75, 3.05) is 41.0 Å². The molecule has 0 spiro atoms. The Labute approximate surface area is 196 Å². The van der Waals surface area contributed by atoms with Gasteiger partial charge in [-0.2, -0.15) is 4.31 Å². The molecule has 180 valence electrons. The number of ether oxygens (including phenoxy) is 3. The van der Waals surface area contributed by atoms with Crippen molar-refractivity contribution < 1.29 is 27.4 Å². The summed E-state index contributed by atoms with van der Waals surface area (Å²) >= 11 is 0. The predicted molar refractivity (Wildman–Crippen MR) is 126 cm³/mol. The van der Waals surface area contributed by atoms with Crippen LogP contribution < -0.4 is 14.2 Å². The topological polar surface area (TPSA) is 85.4 Å². The van der Waals surface area contributed by atoms with Crippen LogP contribution in [0.25, 0.3) is 0 Å². The average Bonchev–Trinajstić information content (AvgIpc) is 3.33.